The van der Waals surface area contributed by atoms with Crippen LogP contribution in [0.3, 0.4) is 0 Å². The third-order valence-electron chi connectivity index (χ3n) is 3.33. The van der Waals surface area contributed by atoms with Gasteiger partial charge in [0.25, 0.3) is 0 Å². The molecule has 0 saturated carbocycles. The van der Waals surface area contributed by atoms with Gasteiger partial charge in [0.1, 0.15) is 5.54 Å². The Hall–Kier alpha value is -1.63. The molecule has 0 spiro atoms. The maximum absolute atomic E-state index is 12.1. The molecule has 0 radical (unpaired) electrons. The molecule has 1 atom stereocenters. The largest absolute Gasteiger partial charge is 0.480 e. The summed E-state index contributed by atoms with van der Waals surface area (Å²) in [7, 11) is 0. The summed E-state index contributed by atoms with van der Waals surface area (Å²) in [5.41, 5.74) is -1.14. The van der Waals surface area contributed by atoms with Crippen LogP contribution in [0.4, 0.5) is 0 Å². The summed E-state index contributed by atoms with van der Waals surface area (Å²) < 4.78 is 0. The lowest BCUT2D eigenvalue weighted by Gasteiger charge is -2.27. The van der Waals surface area contributed by atoms with E-state index in [1.54, 1.807) is 13.8 Å². The van der Waals surface area contributed by atoms with E-state index in [-0.39, 0.29) is 30.9 Å². The summed E-state index contributed by atoms with van der Waals surface area (Å²) in [4.78, 5) is 36.3. The second-order valence-corrected chi connectivity index (χ2v) is 5.47. The molecule has 0 aliphatic heterocycles. The molecule has 0 aromatic carbocycles. The predicted molar refractivity (Wildman–Crippen MR) is 79.9 cm³/mol. The Morgan fingerprint density at radius 3 is 2.19 bits per heavy atom. The first-order valence-electron chi connectivity index (χ1n) is 7.21. The van der Waals surface area contributed by atoms with Gasteiger partial charge in [-0.1, -0.05) is 6.92 Å². The van der Waals surface area contributed by atoms with E-state index in [9.17, 15) is 14.4 Å². The number of carboxylic acids is 1. The van der Waals surface area contributed by atoms with Crippen LogP contribution in [0.25, 0.3) is 0 Å². The van der Waals surface area contributed by atoms with E-state index in [2.05, 4.69) is 10.6 Å². The summed E-state index contributed by atoms with van der Waals surface area (Å²) in [5.74, 6) is -1.52. The van der Waals surface area contributed by atoms with Crippen molar-refractivity contribution in [2.24, 2.45) is 0 Å². The maximum atomic E-state index is 12.1. The van der Waals surface area contributed by atoms with Crippen LogP contribution in [-0.4, -0.2) is 59.0 Å². The molecular weight excluding hydrogens is 274 g/mol. The van der Waals surface area contributed by atoms with Gasteiger partial charge in [-0.3, -0.25) is 19.7 Å². The highest BCUT2D eigenvalue weighted by molar-refractivity contribution is 5.86. The number of nitrogens with one attached hydrogen (secondary N) is 2. The van der Waals surface area contributed by atoms with E-state index in [4.69, 9.17) is 5.11 Å². The Morgan fingerprint density at radius 2 is 1.81 bits per heavy atom. The van der Waals surface area contributed by atoms with Crippen LogP contribution in [-0.2, 0) is 14.4 Å². The molecule has 0 aromatic heterocycles. The lowest BCUT2D eigenvalue weighted by molar-refractivity contribution is -0.145. The summed E-state index contributed by atoms with van der Waals surface area (Å²) in [6.07, 6.45) is 0.357. The number of carbonyl (C=O) groups is 3. The van der Waals surface area contributed by atoms with Crippen LogP contribution in [0.1, 0.15) is 41.0 Å². The first kappa shape index (κ1) is 19.4. The number of aliphatic carboxylic acids is 1. The van der Waals surface area contributed by atoms with Crippen molar-refractivity contribution in [1.29, 1.82) is 0 Å². The minimum absolute atomic E-state index is 0.0137. The topological polar surface area (TPSA) is 98.7 Å². The monoisotopic (exact) mass is 301 g/mol. The maximum Gasteiger partial charge on any atom is 0.323 e. The number of carboxylic acid groups (broad SMARTS) is 1. The Morgan fingerprint density at radius 1 is 1.24 bits per heavy atom. The van der Waals surface area contributed by atoms with Crippen molar-refractivity contribution >= 4 is 17.8 Å². The molecule has 0 saturated heterocycles. The average Bonchev–Trinajstić information content (AvgIpc) is 2.40. The Labute approximate surface area is 126 Å². The Bertz CT molecular complexity index is 384. The van der Waals surface area contributed by atoms with Gasteiger partial charge in [0.15, 0.2) is 0 Å². The van der Waals surface area contributed by atoms with Gasteiger partial charge in [-0.2, -0.15) is 0 Å². The molecule has 7 nitrogen and oxygen atoms in total. The molecule has 0 aromatic rings. The second kappa shape index (κ2) is 8.61. The van der Waals surface area contributed by atoms with Crippen LogP contribution in [0.15, 0.2) is 0 Å². The van der Waals surface area contributed by atoms with Crippen LogP contribution in [0.2, 0.25) is 0 Å². The SMILES string of the molecule is CCN(CC(=O)NC(C)C)C(=O)CNC(C)(CC)C(=O)O. The number of hydrogen-bond acceptors (Lipinski definition) is 4. The smallest absolute Gasteiger partial charge is 0.323 e. The van der Waals surface area contributed by atoms with Gasteiger partial charge in [0.2, 0.25) is 11.8 Å². The molecular formula is C14H27N3O4. The van der Waals surface area contributed by atoms with Crippen molar-refractivity contribution in [3.63, 3.8) is 0 Å². The minimum Gasteiger partial charge on any atom is -0.480 e. The fraction of sp³-hybridized carbons (Fsp3) is 0.786. The van der Waals surface area contributed by atoms with Gasteiger partial charge >= 0.3 is 5.97 Å². The third-order valence-corrected chi connectivity index (χ3v) is 3.33. The molecule has 3 N–H and O–H groups in total. The van der Waals surface area contributed by atoms with Crippen LogP contribution in [0, 0.1) is 0 Å². The molecule has 122 valence electrons. The van der Waals surface area contributed by atoms with Gasteiger partial charge in [0, 0.05) is 12.6 Å². The molecule has 0 aliphatic carbocycles. The zero-order valence-electron chi connectivity index (χ0n) is 13.5. The molecule has 1 unspecified atom stereocenters. The summed E-state index contributed by atoms with van der Waals surface area (Å²) in [5, 5.41) is 14.6. The van der Waals surface area contributed by atoms with E-state index < -0.39 is 11.5 Å². The molecule has 0 heterocycles. The van der Waals surface area contributed by atoms with Crippen molar-refractivity contribution in [3.05, 3.63) is 0 Å². The van der Waals surface area contributed by atoms with Gasteiger partial charge in [-0.05, 0) is 34.1 Å². The Kier molecular flexibility index (Phi) is 7.94. The first-order chi connectivity index (χ1) is 9.66. The standard InChI is InChI=1S/C14H27N3O4/c1-6-14(5,13(20)21)15-8-12(19)17(7-2)9-11(18)16-10(3)4/h10,15H,6-9H2,1-5H3,(H,16,18)(H,20,21). The molecule has 0 bridgehead atoms. The fourth-order valence-corrected chi connectivity index (χ4v) is 1.65. The molecule has 7 heteroatoms. The van der Waals surface area contributed by atoms with Crippen molar-refractivity contribution in [2.45, 2.75) is 52.6 Å². The van der Waals surface area contributed by atoms with E-state index >= 15 is 0 Å². The fourth-order valence-electron chi connectivity index (χ4n) is 1.65. The quantitative estimate of drug-likeness (QED) is 0.565. The third kappa shape index (κ3) is 6.57. The molecule has 21 heavy (non-hydrogen) atoms. The number of nitrogens with zero attached hydrogens (tertiary/aromatic N) is 1. The number of carbonyl (C=O) groups excluding carboxylic acids is 2. The normalized spacial score (nSPS) is 13.6. The summed E-state index contributed by atoms with van der Waals surface area (Å²) in [6, 6.07) is 0.0137. The first-order valence-corrected chi connectivity index (χ1v) is 7.21. The zero-order valence-corrected chi connectivity index (χ0v) is 13.5. The van der Waals surface area contributed by atoms with Crippen molar-refractivity contribution in [1.82, 2.24) is 15.5 Å². The Balaban J connectivity index is 4.53. The summed E-state index contributed by atoms with van der Waals surface area (Å²) >= 11 is 0. The van der Waals surface area contributed by atoms with E-state index in [1.165, 1.54) is 11.8 Å². The number of rotatable bonds is 9. The van der Waals surface area contributed by atoms with E-state index in [1.807, 2.05) is 13.8 Å². The molecule has 0 fully saturated rings. The molecule has 0 rings (SSSR count). The highest BCUT2D eigenvalue weighted by Gasteiger charge is 2.31. The number of likely N-dealkylation sites (N-methyl/N-ethyl adjacent to an activating group) is 1. The van der Waals surface area contributed by atoms with Crippen molar-refractivity contribution in [3.8, 4) is 0 Å². The number of amides is 2. The van der Waals surface area contributed by atoms with Gasteiger partial charge in [-0.15, -0.1) is 0 Å². The van der Waals surface area contributed by atoms with Gasteiger partial charge < -0.3 is 15.3 Å². The van der Waals surface area contributed by atoms with Gasteiger partial charge in [-0.25, -0.2) is 0 Å². The van der Waals surface area contributed by atoms with E-state index in [0.717, 1.165) is 0 Å². The highest BCUT2D eigenvalue weighted by atomic mass is 16.4. The van der Waals surface area contributed by atoms with Crippen molar-refractivity contribution < 1.29 is 19.5 Å². The summed E-state index contributed by atoms with van der Waals surface area (Å²) in [6.45, 7) is 8.99. The lowest BCUT2D eigenvalue weighted by Crippen LogP contribution is -2.53. The van der Waals surface area contributed by atoms with Gasteiger partial charge in [0.05, 0.1) is 13.1 Å². The average molecular weight is 301 g/mol. The van der Waals surface area contributed by atoms with Crippen molar-refractivity contribution in [2.75, 3.05) is 19.6 Å². The minimum atomic E-state index is -1.14. The highest BCUT2D eigenvalue weighted by Crippen LogP contribution is 2.08. The second-order valence-electron chi connectivity index (χ2n) is 5.47. The number of hydrogen-bond donors (Lipinski definition) is 3. The van der Waals surface area contributed by atoms with Crippen LogP contribution >= 0.6 is 0 Å². The van der Waals surface area contributed by atoms with E-state index in [0.29, 0.717) is 13.0 Å². The van der Waals surface area contributed by atoms with Crippen LogP contribution in [0.5, 0.6) is 0 Å². The predicted octanol–water partition coefficient (Wildman–Crippen LogP) is 0.202. The zero-order chi connectivity index (χ0) is 16.6. The van der Waals surface area contributed by atoms with Crippen LogP contribution < -0.4 is 10.6 Å². The lowest BCUT2D eigenvalue weighted by atomic mass is 9.99. The molecule has 0 aliphatic rings. The molecule has 2 amide bonds.